The van der Waals surface area contributed by atoms with Gasteiger partial charge in [-0.3, -0.25) is 5.43 Å². The zero-order valence-electron chi connectivity index (χ0n) is 12.1. The van der Waals surface area contributed by atoms with Crippen molar-refractivity contribution in [1.82, 2.24) is 10.9 Å². The van der Waals surface area contributed by atoms with E-state index in [1.165, 1.54) is 18.2 Å². The molecule has 0 aromatic heterocycles. The second-order valence-electron chi connectivity index (χ2n) is 5.24. The summed E-state index contributed by atoms with van der Waals surface area (Å²) in [5.74, 6) is 0.381. The van der Waals surface area contributed by atoms with Gasteiger partial charge in [0, 0.05) is 5.70 Å². The molecule has 2 rings (SSSR count). The zero-order valence-corrected chi connectivity index (χ0v) is 12.9. The first-order valence-corrected chi connectivity index (χ1v) is 7.48. The molecule has 120 valence electrons. The fourth-order valence-electron chi connectivity index (χ4n) is 2.33. The van der Waals surface area contributed by atoms with Crippen LogP contribution < -0.4 is 16.2 Å². The number of hydrogen-bond donors (Lipinski definition) is 3. The summed E-state index contributed by atoms with van der Waals surface area (Å²) in [6.45, 7) is 2.09. The molecular formula is C15H18F3N3S. The number of alkyl halides is 3. The molecule has 1 aliphatic rings. The van der Waals surface area contributed by atoms with Crippen molar-refractivity contribution in [3.05, 3.63) is 41.6 Å². The topological polar surface area (TPSA) is 36.1 Å². The summed E-state index contributed by atoms with van der Waals surface area (Å²) in [5, 5.41) is 2.68. The molecule has 1 atom stereocenters. The predicted octanol–water partition coefficient (Wildman–Crippen LogP) is 4.20. The van der Waals surface area contributed by atoms with Gasteiger partial charge in [-0.1, -0.05) is 25.1 Å². The molecule has 0 aliphatic heterocycles. The lowest BCUT2D eigenvalue weighted by molar-refractivity contribution is -0.136. The van der Waals surface area contributed by atoms with Crippen molar-refractivity contribution in [3.63, 3.8) is 0 Å². The van der Waals surface area contributed by atoms with Crippen molar-refractivity contribution in [2.75, 3.05) is 5.32 Å². The Kier molecular flexibility index (Phi) is 5.28. The van der Waals surface area contributed by atoms with Crippen LogP contribution in [-0.2, 0) is 6.18 Å². The first-order valence-electron chi connectivity index (χ1n) is 7.07. The summed E-state index contributed by atoms with van der Waals surface area (Å²) >= 11 is 5.05. The van der Waals surface area contributed by atoms with Gasteiger partial charge in [0.2, 0.25) is 0 Å². The number of allylic oxidation sites excluding steroid dienone is 2. The first-order chi connectivity index (χ1) is 10.4. The zero-order chi connectivity index (χ0) is 16.2. The highest BCUT2D eigenvalue weighted by molar-refractivity contribution is 7.80. The molecular weight excluding hydrogens is 311 g/mol. The van der Waals surface area contributed by atoms with E-state index in [2.05, 4.69) is 29.2 Å². The molecule has 0 heterocycles. The van der Waals surface area contributed by atoms with E-state index < -0.39 is 11.7 Å². The SMILES string of the molecule is C[C@H]1CCCC=C1NNC(=S)Nc1ccccc1C(F)(F)F. The minimum absolute atomic E-state index is 0.0695. The van der Waals surface area contributed by atoms with Gasteiger partial charge in [-0.25, -0.2) is 0 Å². The number of hydrogen-bond acceptors (Lipinski definition) is 2. The quantitative estimate of drug-likeness (QED) is 0.574. The van der Waals surface area contributed by atoms with Gasteiger partial charge in [-0.2, -0.15) is 13.2 Å². The molecule has 1 aromatic carbocycles. The Morgan fingerprint density at radius 3 is 2.68 bits per heavy atom. The number of thiocarbonyl (C=S) groups is 1. The van der Waals surface area contributed by atoms with Gasteiger partial charge in [0.25, 0.3) is 0 Å². The van der Waals surface area contributed by atoms with Crippen molar-refractivity contribution in [2.24, 2.45) is 5.92 Å². The predicted molar refractivity (Wildman–Crippen MR) is 85.0 cm³/mol. The molecule has 1 aromatic rings. The molecule has 22 heavy (non-hydrogen) atoms. The van der Waals surface area contributed by atoms with Gasteiger partial charge in [-0.05, 0) is 49.5 Å². The molecule has 3 N–H and O–H groups in total. The van der Waals surface area contributed by atoms with E-state index >= 15 is 0 Å². The maximum Gasteiger partial charge on any atom is 0.418 e. The number of halogens is 3. The summed E-state index contributed by atoms with van der Waals surface area (Å²) in [6, 6.07) is 5.24. The minimum Gasteiger partial charge on any atom is -0.331 e. The lowest BCUT2D eigenvalue weighted by atomic mass is 9.94. The fraction of sp³-hybridized carbons (Fsp3) is 0.400. The van der Waals surface area contributed by atoms with Crippen LogP contribution in [-0.4, -0.2) is 5.11 Å². The molecule has 0 radical (unpaired) electrons. The molecule has 0 bridgehead atoms. The average Bonchev–Trinajstić information content (AvgIpc) is 2.46. The van der Waals surface area contributed by atoms with E-state index in [-0.39, 0.29) is 10.8 Å². The van der Waals surface area contributed by atoms with Crippen LogP contribution in [0.4, 0.5) is 18.9 Å². The number of benzene rings is 1. The lowest BCUT2D eigenvalue weighted by Gasteiger charge is -2.23. The van der Waals surface area contributed by atoms with Gasteiger partial charge in [0.1, 0.15) is 0 Å². The summed E-state index contributed by atoms with van der Waals surface area (Å²) in [6.07, 6.45) is 0.873. The van der Waals surface area contributed by atoms with Gasteiger partial charge in [0.15, 0.2) is 5.11 Å². The van der Waals surface area contributed by atoms with Gasteiger partial charge in [0.05, 0.1) is 11.3 Å². The molecule has 1 aliphatic carbocycles. The first kappa shape index (κ1) is 16.6. The Labute approximate surface area is 132 Å². The molecule has 0 saturated heterocycles. The molecule has 3 nitrogen and oxygen atoms in total. The van der Waals surface area contributed by atoms with Crippen LogP contribution >= 0.6 is 12.2 Å². The van der Waals surface area contributed by atoms with Crippen LogP contribution in [0.25, 0.3) is 0 Å². The summed E-state index contributed by atoms with van der Waals surface area (Å²) < 4.78 is 38.7. The number of anilines is 1. The number of para-hydroxylation sites is 1. The van der Waals surface area contributed by atoms with Crippen LogP contribution in [0, 0.1) is 5.92 Å². The Hall–Kier alpha value is -1.76. The Bertz CT molecular complexity index is 569. The van der Waals surface area contributed by atoms with Crippen LogP contribution in [0.5, 0.6) is 0 Å². The number of hydrazine groups is 1. The van der Waals surface area contributed by atoms with Crippen molar-refractivity contribution in [1.29, 1.82) is 0 Å². The van der Waals surface area contributed by atoms with Crippen molar-refractivity contribution in [2.45, 2.75) is 32.4 Å². The minimum atomic E-state index is -4.42. The Balaban J connectivity index is 1.97. The van der Waals surface area contributed by atoms with Crippen molar-refractivity contribution < 1.29 is 13.2 Å². The highest BCUT2D eigenvalue weighted by Gasteiger charge is 2.33. The van der Waals surface area contributed by atoms with Gasteiger partial charge in [-0.15, -0.1) is 0 Å². The number of rotatable bonds is 3. The molecule has 0 spiro atoms. The standard InChI is InChI=1S/C15H18F3N3S/c1-10-6-2-4-8-12(10)20-21-14(22)19-13-9-5-3-7-11(13)15(16,17)18/h3,5,7-10,20H,2,4,6H2,1H3,(H2,19,21,22)/t10-/m0/s1. The van der Waals surface area contributed by atoms with Crippen molar-refractivity contribution >= 4 is 23.0 Å². The van der Waals surface area contributed by atoms with Crippen LogP contribution in [0.3, 0.4) is 0 Å². The molecule has 7 heteroatoms. The average molecular weight is 329 g/mol. The van der Waals surface area contributed by atoms with Gasteiger partial charge < -0.3 is 10.7 Å². The van der Waals surface area contributed by atoms with Crippen molar-refractivity contribution in [3.8, 4) is 0 Å². The van der Waals surface area contributed by atoms with Crippen LogP contribution in [0.15, 0.2) is 36.0 Å². The van der Waals surface area contributed by atoms with E-state index in [9.17, 15) is 13.2 Å². The normalized spacial score (nSPS) is 18.4. The summed E-state index contributed by atoms with van der Waals surface area (Å²) in [5.41, 5.74) is 5.92. The van der Waals surface area contributed by atoms with E-state index in [0.717, 1.165) is 31.0 Å². The molecule has 0 amide bonds. The maximum atomic E-state index is 12.9. The van der Waals surface area contributed by atoms with Gasteiger partial charge >= 0.3 is 6.18 Å². The van der Waals surface area contributed by atoms with Crippen LogP contribution in [0.2, 0.25) is 0 Å². The third-order valence-corrected chi connectivity index (χ3v) is 3.74. The van der Waals surface area contributed by atoms with Crippen LogP contribution in [0.1, 0.15) is 31.7 Å². The highest BCUT2D eigenvalue weighted by Crippen LogP contribution is 2.34. The number of nitrogens with one attached hydrogen (secondary N) is 3. The van der Waals surface area contributed by atoms with E-state index in [1.807, 2.05) is 0 Å². The molecule has 0 fully saturated rings. The third kappa shape index (κ3) is 4.37. The third-order valence-electron chi connectivity index (χ3n) is 3.54. The summed E-state index contributed by atoms with van der Waals surface area (Å²) in [4.78, 5) is 0. The fourth-order valence-corrected chi connectivity index (χ4v) is 2.50. The van der Waals surface area contributed by atoms with E-state index in [4.69, 9.17) is 12.2 Å². The Morgan fingerprint density at radius 2 is 2.00 bits per heavy atom. The largest absolute Gasteiger partial charge is 0.418 e. The van der Waals surface area contributed by atoms with E-state index in [0.29, 0.717) is 5.92 Å². The smallest absolute Gasteiger partial charge is 0.331 e. The highest BCUT2D eigenvalue weighted by atomic mass is 32.1. The molecule has 0 unspecified atom stereocenters. The second-order valence-corrected chi connectivity index (χ2v) is 5.65. The molecule has 0 saturated carbocycles. The summed E-state index contributed by atoms with van der Waals surface area (Å²) in [7, 11) is 0. The Morgan fingerprint density at radius 1 is 1.27 bits per heavy atom. The van der Waals surface area contributed by atoms with E-state index in [1.54, 1.807) is 0 Å². The monoisotopic (exact) mass is 329 g/mol. The lowest BCUT2D eigenvalue weighted by Crippen LogP contribution is -2.41. The second kappa shape index (κ2) is 7.00. The maximum absolute atomic E-state index is 12.9.